The second kappa shape index (κ2) is 7.52. The van der Waals surface area contributed by atoms with E-state index < -0.39 is 0 Å². The van der Waals surface area contributed by atoms with Crippen LogP contribution in [0.2, 0.25) is 0 Å². The van der Waals surface area contributed by atoms with Crippen LogP contribution < -0.4 is 5.56 Å². The number of piperidine rings is 1. The van der Waals surface area contributed by atoms with Crippen molar-refractivity contribution < 1.29 is 9.32 Å². The van der Waals surface area contributed by atoms with Gasteiger partial charge in [0.2, 0.25) is 5.91 Å². The molecule has 0 radical (unpaired) electrons. The highest BCUT2D eigenvalue weighted by molar-refractivity contribution is 7.08. The molecular weight excluding hydrogens is 404 g/mol. The predicted molar refractivity (Wildman–Crippen MR) is 110 cm³/mol. The van der Waals surface area contributed by atoms with Crippen molar-refractivity contribution in [3.8, 4) is 11.6 Å². The zero-order valence-electron chi connectivity index (χ0n) is 16.4. The van der Waals surface area contributed by atoms with Crippen LogP contribution in [0, 0.1) is 6.92 Å². The van der Waals surface area contributed by atoms with Gasteiger partial charge in [-0.3, -0.25) is 9.59 Å². The fourth-order valence-corrected chi connectivity index (χ4v) is 4.49. The Morgan fingerprint density at radius 2 is 2.33 bits per heavy atom. The third-order valence-corrected chi connectivity index (χ3v) is 6.06. The first-order valence-corrected chi connectivity index (χ1v) is 10.7. The van der Waals surface area contributed by atoms with Gasteiger partial charge in [-0.1, -0.05) is 5.16 Å². The molecule has 10 heteroatoms. The highest BCUT2D eigenvalue weighted by atomic mass is 32.1. The normalized spacial score (nSPS) is 17.0. The third-order valence-electron chi connectivity index (χ3n) is 5.33. The first-order chi connectivity index (χ1) is 14.6. The Bertz CT molecular complexity index is 1260. The van der Waals surface area contributed by atoms with Gasteiger partial charge < -0.3 is 14.4 Å². The van der Waals surface area contributed by atoms with Gasteiger partial charge in [0.25, 0.3) is 11.4 Å². The lowest BCUT2D eigenvalue weighted by molar-refractivity contribution is -0.131. The molecule has 0 bridgehead atoms. The number of carbonyl (C=O) groups excluding carboxylic acids is 1. The summed E-state index contributed by atoms with van der Waals surface area (Å²) in [5.74, 6) is 0.981. The van der Waals surface area contributed by atoms with Crippen LogP contribution in [0.15, 0.2) is 38.4 Å². The lowest BCUT2D eigenvalue weighted by atomic mass is 9.97. The molecule has 1 fully saturated rings. The van der Waals surface area contributed by atoms with E-state index in [-0.39, 0.29) is 23.3 Å². The van der Waals surface area contributed by atoms with Crippen LogP contribution >= 0.6 is 11.3 Å². The van der Waals surface area contributed by atoms with Gasteiger partial charge in [0.1, 0.15) is 5.52 Å². The molecule has 0 spiro atoms. The molecule has 30 heavy (non-hydrogen) atoms. The van der Waals surface area contributed by atoms with Crippen molar-refractivity contribution in [2.45, 2.75) is 32.1 Å². The van der Waals surface area contributed by atoms with E-state index in [9.17, 15) is 9.59 Å². The molecule has 0 saturated carbocycles. The Balaban J connectivity index is 1.34. The lowest BCUT2D eigenvalue weighted by Crippen LogP contribution is -2.40. The van der Waals surface area contributed by atoms with Crippen LogP contribution in [0.4, 0.5) is 0 Å². The number of aromatic nitrogens is 5. The van der Waals surface area contributed by atoms with E-state index in [1.165, 1.54) is 4.52 Å². The summed E-state index contributed by atoms with van der Waals surface area (Å²) in [5.41, 5.74) is 2.40. The summed E-state index contributed by atoms with van der Waals surface area (Å²) in [7, 11) is 0. The highest BCUT2D eigenvalue weighted by Gasteiger charge is 2.28. The minimum atomic E-state index is -0.222. The molecule has 4 aromatic rings. The number of nitrogens with zero attached hydrogens (tertiary/aromatic N) is 5. The maximum atomic E-state index is 12.6. The van der Waals surface area contributed by atoms with Crippen LogP contribution in [0.5, 0.6) is 0 Å². The van der Waals surface area contributed by atoms with E-state index in [0.29, 0.717) is 35.7 Å². The molecular formula is C20H20N6O3S. The summed E-state index contributed by atoms with van der Waals surface area (Å²) in [6, 6.07) is 3.62. The predicted octanol–water partition coefficient (Wildman–Crippen LogP) is 2.39. The summed E-state index contributed by atoms with van der Waals surface area (Å²) < 4.78 is 6.95. The van der Waals surface area contributed by atoms with Crippen molar-refractivity contribution >= 4 is 22.8 Å². The molecule has 5 heterocycles. The van der Waals surface area contributed by atoms with Gasteiger partial charge in [0, 0.05) is 37.0 Å². The van der Waals surface area contributed by atoms with Gasteiger partial charge >= 0.3 is 0 Å². The van der Waals surface area contributed by atoms with E-state index in [1.54, 1.807) is 30.5 Å². The van der Waals surface area contributed by atoms with Crippen molar-refractivity contribution in [3.63, 3.8) is 0 Å². The van der Waals surface area contributed by atoms with Crippen LogP contribution in [-0.2, 0) is 11.2 Å². The third kappa shape index (κ3) is 3.54. The van der Waals surface area contributed by atoms with Crippen LogP contribution in [-0.4, -0.2) is 48.6 Å². The van der Waals surface area contributed by atoms with Crippen LogP contribution in [0.1, 0.15) is 35.8 Å². The molecule has 1 aliphatic heterocycles. The number of likely N-dealkylation sites (tertiary alicyclic amines) is 1. The number of carbonyl (C=O) groups is 1. The fourth-order valence-electron chi connectivity index (χ4n) is 3.82. The van der Waals surface area contributed by atoms with E-state index in [4.69, 9.17) is 4.52 Å². The van der Waals surface area contributed by atoms with Gasteiger partial charge in [-0.25, -0.2) is 4.52 Å². The quantitative estimate of drug-likeness (QED) is 0.539. The molecule has 1 saturated heterocycles. The number of hydrogen-bond acceptors (Lipinski definition) is 7. The first kappa shape index (κ1) is 18.7. The molecule has 154 valence electrons. The minimum absolute atomic E-state index is 0.0188. The number of H-pyrrole nitrogens is 1. The molecule has 9 nitrogen and oxygen atoms in total. The molecule has 4 aromatic heterocycles. The van der Waals surface area contributed by atoms with Crippen LogP contribution in [0.25, 0.3) is 17.1 Å². The standard InChI is InChI=1S/C20H20N6O3S/c1-12-9-26-16(19(28)21-12)8-15(23-26)20-22-18(24-29-20)14-3-2-5-25(10-14)17(27)7-13-4-6-30-11-13/h4,6,8-9,11,14H,2-3,5,7,10H2,1H3,(H,21,28). The number of thiophene rings is 1. The van der Waals surface area contributed by atoms with Crippen molar-refractivity contribution in [1.29, 1.82) is 0 Å². The second-order valence-electron chi connectivity index (χ2n) is 7.57. The second-order valence-corrected chi connectivity index (χ2v) is 8.35. The van der Waals surface area contributed by atoms with Gasteiger partial charge in [-0.15, -0.1) is 0 Å². The van der Waals surface area contributed by atoms with Gasteiger partial charge in [0.15, 0.2) is 11.5 Å². The summed E-state index contributed by atoms with van der Waals surface area (Å²) in [6.45, 7) is 3.12. The average molecular weight is 424 g/mol. The summed E-state index contributed by atoms with van der Waals surface area (Å²) in [5, 5.41) is 12.5. The minimum Gasteiger partial charge on any atom is -0.342 e. The van der Waals surface area contributed by atoms with Crippen molar-refractivity contribution in [2.75, 3.05) is 13.1 Å². The monoisotopic (exact) mass is 424 g/mol. The molecule has 0 aromatic carbocycles. The molecule has 1 amide bonds. The average Bonchev–Trinajstić information content (AvgIpc) is 3.48. The fraction of sp³-hybridized carbons (Fsp3) is 0.350. The van der Waals surface area contributed by atoms with Crippen LogP contribution in [0.3, 0.4) is 0 Å². The number of amides is 1. The smallest absolute Gasteiger partial charge is 0.278 e. The zero-order valence-corrected chi connectivity index (χ0v) is 17.2. The molecule has 1 N–H and O–H groups in total. The van der Waals surface area contributed by atoms with Gasteiger partial charge in [0.05, 0.1) is 6.42 Å². The number of hydrogen-bond donors (Lipinski definition) is 1. The molecule has 1 unspecified atom stereocenters. The number of aromatic amines is 1. The Kier molecular flexibility index (Phi) is 4.70. The summed E-state index contributed by atoms with van der Waals surface area (Å²) in [4.78, 5) is 33.9. The van der Waals surface area contributed by atoms with Crippen molar-refractivity contribution in [2.24, 2.45) is 0 Å². The van der Waals surface area contributed by atoms with E-state index >= 15 is 0 Å². The first-order valence-electron chi connectivity index (χ1n) is 9.79. The molecule has 1 aliphatic rings. The van der Waals surface area contributed by atoms with E-state index in [1.807, 2.05) is 21.7 Å². The van der Waals surface area contributed by atoms with E-state index in [2.05, 4.69) is 20.2 Å². The van der Waals surface area contributed by atoms with Gasteiger partial charge in [-0.2, -0.15) is 21.4 Å². The van der Waals surface area contributed by atoms with Crippen molar-refractivity contribution in [3.05, 3.63) is 56.5 Å². The molecule has 5 rings (SSSR count). The molecule has 0 aliphatic carbocycles. The Morgan fingerprint density at radius 1 is 1.43 bits per heavy atom. The topological polar surface area (TPSA) is 109 Å². The molecule has 1 atom stereocenters. The van der Waals surface area contributed by atoms with Crippen molar-refractivity contribution in [1.82, 2.24) is 29.6 Å². The Hall–Kier alpha value is -3.27. The Labute approximate surface area is 175 Å². The number of aryl methyl sites for hydroxylation is 1. The number of rotatable bonds is 4. The largest absolute Gasteiger partial charge is 0.342 e. The van der Waals surface area contributed by atoms with E-state index in [0.717, 1.165) is 24.9 Å². The van der Waals surface area contributed by atoms with Gasteiger partial charge in [-0.05, 0) is 42.2 Å². The highest BCUT2D eigenvalue weighted by Crippen LogP contribution is 2.27. The SMILES string of the molecule is Cc1cn2nc(-c3nc(C4CCCN(C(=O)Cc5ccsc5)C4)no3)cc2c(=O)[nH]1. The Morgan fingerprint density at radius 3 is 3.17 bits per heavy atom. The zero-order chi connectivity index (χ0) is 20.7. The number of nitrogens with one attached hydrogen (secondary N) is 1. The summed E-state index contributed by atoms with van der Waals surface area (Å²) >= 11 is 1.60. The maximum absolute atomic E-state index is 12.6. The number of fused-ring (bicyclic) bond motifs is 1. The lowest BCUT2D eigenvalue weighted by Gasteiger charge is -2.31. The summed E-state index contributed by atoms with van der Waals surface area (Å²) in [6.07, 6.45) is 3.94. The maximum Gasteiger partial charge on any atom is 0.278 e.